The van der Waals surface area contributed by atoms with E-state index in [9.17, 15) is 4.39 Å². The maximum absolute atomic E-state index is 13.8. The van der Waals surface area contributed by atoms with Crippen LogP contribution >= 0.6 is 0 Å². The third-order valence-corrected chi connectivity index (χ3v) is 5.65. The summed E-state index contributed by atoms with van der Waals surface area (Å²) >= 11 is 0. The summed E-state index contributed by atoms with van der Waals surface area (Å²) in [5, 5.41) is 3.26. The van der Waals surface area contributed by atoms with Crippen LogP contribution in [-0.2, 0) is 5.41 Å². The molecule has 0 radical (unpaired) electrons. The van der Waals surface area contributed by atoms with E-state index in [2.05, 4.69) is 29.6 Å². The van der Waals surface area contributed by atoms with Crippen molar-refractivity contribution in [2.75, 3.05) is 13.6 Å². The molecular weight excluding hydrogens is 273 g/mol. The molecular formula is C20H22FN. The number of hydrogen-bond acceptors (Lipinski definition) is 1. The first-order chi connectivity index (χ1) is 10.8. The lowest BCUT2D eigenvalue weighted by Crippen LogP contribution is -2.40. The van der Waals surface area contributed by atoms with E-state index in [0.717, 1.165) is 25.8 Å². The van der Waals surface area contributed by atoms with Crippen LogP contribution in [0.25, 0.3) is 0 Å². The first-order valence-corrected chi connectivity index (χ1v) is 8.30. The molecule has 2 aromatic rings. The van der Waals surface area contributed by atoms with Gasteiger partial charge in [0.1, 0.15) is 5.82 Å². The minimum Gasteiger partial charge on any atom is -0.320 e. The first-order valence-electron chi connectivity index (χ1n) is 8.30. The van der Waals surface area contributed by atoms with Crippen LogP contribution in [0.3, 0.4) is 0 Å². The van der Waals surface area contributed by atoms with E-state index < -0.39 is 0 Å². The molecule has 0 heterocycles. The Morgan fingerprint density at radius 2 is 1.95 bits per heavy atom. The van der Waals surface area contributed by atoms with Gasteiger partial charge in [-0.2, -0.15) is 0 Å². The third-order valence-electron chi connectivity index (χ3n) is 5.65. The van der Waals surface area contributed by atoms with Crippen molar-refractivity contribution in [2.45, 2.75) is 37.0 Å². The fourth-order valence-electron chi connectivity index (χ4n) is 4.74. The maximum atomic E-state index is 13.8. The Morgan fingerprint density at radius 1 is 1.14 bits per heavy atom. The monoisotopic (exact) mass is 295 g/mol. The van der Waals surface area contributed by atoms with Crippen LogP contribution in [0.15, 0.2) is 42.5 Å². The zero-order valence-electron chi connectivity index (χ0n) is 13.0. The minimum atomic E-state index is -0.103. The number of hydrogen-bond donors (Lipinski definition) is 1. The summed E-state index contributed by atoms with van der Waals surface area (Å²) in [6.07, 6.45) is 4.62. The van der Waals surface area contributed by atoms with Crippen LogP contribution in [0.1, 0.15) is 53.9 Å². The van der Waals surface area contributed by atoms with Crippen LogP contribution < -0.4 is 5.32 Å². The summed E-state index contributed by atoms with van der Waals surface area (Å²) in [6, 6.07) is 14.3. The SMILES string of the molecule is CNCCC[C@@]12CC[C@@H](c3ccccc31)c1cc(F)ccc12. The number of rotatable bonds is 4. The van der Waals surface area contributed by atoms with Gasteiger partial charge < -0.3 is 5.32 Å². The van der Waals surface area contributed by atoms with E-state index in [1.165, 1.54) is 28.7 Å². The molecule has 2 atom stereocenters. The molecule has 2 bridgehead atoms. The van der Waals surface area contributed by atoms with Gasteiger partial charge in [0, 0.05) is 11.3 Å². The molecule has 0 saturated heterocycles. The van der Waals surface area contributed by atoms with E-state index in [4.69, 9.17) is 0 Å². The minimum absolute atomic E-state index is 0.0885. The number of benzene rings is 2. The van der Waals surface area contributed by atoms with Gasteiger partial charge in [-0.15, -0.1) is 0 Å². The lowest BCUT2D eigenvalue weighted by Gasteiger charge is -2.50. The Kier molecular flexibility index (Phi) is 3.30. The zero-order chi connectivity index (χ0) is 15.2. The molecule has 22 heavy (non-hydrogen) atoms. The molecule has 0 saturated carbocycles. The average molecular weight is 295 g/mol. The molecule has 0 spiro atoms. The van der Waals surface area contributed by atoms with Gasteiger partial charge in [0.15, 0.2) is 0 Å². The summed E-state index contributed by atoms with van der Waals surface area (Å²) in [5.74, 6) is 0.280. The Labute approximate surface area is 131 Å². The maximum Gasteiger partial charge on any atom is 0.123 e. The highest BCUT2D eigenvalue weighted by molar-refractivity contribution is 5.59. The van der Waals surface area contributed by atoms with E-state index in [1.807, 2.05) is 13.1 Å². The lowest BCUT2D eigenvalue weighted by molar-refractivity contribution is 0.340. The van der Waals surface area contributed by atoms with Gasteiger partial charge in [0.05, 0.1) is 0 Å². The van der Waals surface area contributed by atoms with E-state index >= 15 is 0 Å². The highest BCUT2D eigenvalue weighted by Crippen LogP contribution is 2.58. The number of nitrogens with one attached hydrogen (secondary N) is 1. The van der Waals surface area contributed by atoms with Crippen molar-refractivity contribution < 1.29 is 4.39 Å². The molecule has 0 aliphatic heterocycles. The number of fused-ring (bicyclic) bond motifs is 1. The summed E-state index contributed by atoms with van der Waals surface area (Å²) in [4.78, 5) is 0. The van der Waals surface area contributed by atoms with Crippen LogP contribution in [0, 0.1) is 5.82 Å². The Morgan fingerprint density at radius 3 is 2.82 bits per heavy atom. The fraction of sp³-hybridized carbons (Fsp3) is 0.400. The second-order valence-corrected chi connectivity index (χ2v) is 6.70. The predicted molar refractivity (Wildman–Crippen MR) is 87.9 cm³/mol. The Balaban J connectivity index is 1.89. The molecule has 1 N–H and O–H groups in total. The summed E-state index contributed by atoms with van der Waals surface area (Å²) in [6.45, 7) is 1.03. The fourth-order valence-corrected chi connectivity index (χ4v) is 4.74. The van der Waals surface area contributed by atoms with Gasteiger partial charge in [-0.25, -0.2) is 4.39 Å². The molecule has 114 valence electrons. The van der Waals surface area contributed by atoms with Gasteiger partial charge in [0.2, 0.25) is 0 Å². The second-order valence-electron chi connectivity index (χ2n) is 6.70. The third kappa shape index (κ3) is 1.87. The van der Waals surface area contributed by atoms with Gasteiger partial charge >= 0.3 is 0 Å². The van der Waals surface area contributed by atoms with Crippen LogP contribution in [0.2, 0.25) is 0 Å². The molecule has 3 aliphatic carbocycles. The quantitative estimate of drug-likeness (QED) is 0.827. The standard InChI is InChI=1S/C20H22FN/c1-22-12-4-10-20-11-9-15(16-5-2-3-6-18(16)20)17-13-14(21)7-8-19(17)20/h2-3,5-8,13,15,22H,4,9-12H2,1H3/t15-,20+/m0/s1. The molecule has 0 fully saturated rings. The zero-order valence-corrected chi connectivity index (χ0v) is 13.0. The highest BCUT2D eigenvalue weighted by Gasteiger charge is 2.47. The lowest BCUT2D eigenvalue weighted by atomic mass is 9.54. The van der Waals surface area contributed by atoms with Gasteiger partial charge in [0.25, 0.3) is 0 Å². The molecule has 5 rings (SSSR count). The van der Waals surface area contributed by atoms with Crippen molar-refractivity contribution >= 4 is 0 Å². The summed E-state index contributed by atoms with van der Waals surface area (Å²) in [5.41, 5.74) is 5.61. The van der Waals surface area contributed by atoms with Crippen molar-refractivity contribution in [1.29, 1.82) is 0 Å². The van der Waals surface area contributed by atoms with Crippen LogP contribution in [-0.4, -0.2) is 13.6 Å². The molecule has 0 unspecified atom stereocenters. The largest absolute Gasteiger partial charge is 0.320 e. The van der Waals surface area contributed by atoms with Gasteiger partial charge in [-0.05, 0) is 73.7 Å². The Bertz CT molecular complexity index is 709. The molecule has 2 aromatic carbocycles. The van der Waals surface area contributed by atoms with Crippen LogP contribution in [0.4, 0.5) is 4.39 Å². The summed E-state index contributed by atoms with van der Waals surface area (Å²) < 4.78 is 13.8. The Hall–Kier alpha value is -1.67. The van der Waals surface area contributed by atoms with Gasteiger partial charge in [-0.3, -0.25) is 0 Å². The van der Waals surface area contributed by atoms with Crippen molar-refractivity contribution in [2.24, 2.45) is 0 Å². The highest BCUT2D eigenvalue weighted by atomic mass is 19.1. The van der Waals surface area contributed by atoms with E-state index in [0.29, 0.717) is 5.92 Å². The molecule has 1 nitrogen and oxygen atoms in total. The normalized spacial score (nSPS) is 24.9. The topological polar surface area (TPSA) is 12.0 Å². The molecule has 2 heteroatoms. The second kappa shape index (κ2) is 5.20. The van der Waals surface area contributed by atoms with Crippen molar-refractivity contribution in [3.63, 3.8) is 0 Å². The van der Waals surface area contributed by atoms with Crippen LogP contribution in [0.5, 0.6) is 0 Å². The van der Waals surface area contributed by atoms with Crippen molar-refractivity contribution in [3.05, 3.63) is 70.5 Å². The summed E-state index contributed by atoms with van der Waals surface area (Å²) in [7, 11) is 2.01. The predicted octanol–water partition coefficient (Wildman–Crippen LogP) is 4.35. The van der Waals surface area contributed by atoms with Crippen molar-refractivity contribution in [1.82, 2.24) is 5.32 Å². The van der Waals surface area contributed by atoms with E-state index in [1.54, 1.807) is 12.1 Å². The van der Waals surface area contributed by atoms with Gasteiger partial charge in [-0.1, -0.05) is 30.3 Å². The molecule has 0 aromatic heterocycles. The number of halogens is 1. The molecule has 0 amide bonds. The smallest absolute Gasteiger partial charge is 0.123 e. The first kappa shape index (κ1) is 14.0. The molecule has 3 aliphatic rings. The average Bonchev–Trinajstić information content (AvgIpc) is 2.55. The van der Waals surface area contributed by atoms with E-state index in [-0.39, 0.29) is 11.2 Å². The van der Waals surface area contributed by atoms with Crippen molar-refractivity contribution in [3.8, 4) is 0 Å².